The number of anilines is 6. The van der Waals surface area contributed by atoms with Crippen LogP contribution in [0.4, 0.5) is 42.9 Å². The lowest BCUT2D eigenvalue weighted by Gasteiger charge is -2.44. The molecule has 2 aromatic heterocycles. The maximum absolute atomic E-state index is 15.6. The van der Waals surface area contributed by atoms with Crippen molar-refractivity contribution in [1.29, 1.82) is 0 Å². The van der Waals surface area contributed by atoms with Gasteiger partial charge in [0.1, 0.15) is 35.2 Å². The van der Waals surface area contributed by atoms with Crippen molar-refractivity contribution in [3.05, 3.63) is 211 Å². The molecule has 103 heavy (non-hydrogen) atoms. The largest absolute Gasteiger partial charge is 0.368 e. The highest BCUT2D eigenvalue weighted by Gasteiger charge is 2.54. The molecule has 2 saturated carbocycles. The van der Waals surface area contributed by atoms with E-state index in [1.807, 2.05) is 49.6 Å². The van der Waals surface area contributed by atoms with Gasteiger partial charge in [-0.2, -0.15) is 0 Å². The Morgan fingerprint density at radius 1 is 0.534 bits per heavy atom. The number of hydrogen-bond donors (Lipinski definition) is 2. The fraction of sp³-hybridized carbons (Fsp3) is 0.362. The Kier molecular flexibility index (Phi) is 18.3. The zero-order valence-corrected chi connectivity index (χ0v) is 56.7. The molecule has 2 atom stereocenters. The second-order valence-electron chi connectivity index (χ2n) is 28.2. The summed E-state index contributed by atoms with van der Waals surface area (Å²) in [7, 11) is 0. The number of nitrogens with one attached hydrogen (secondary N) is 2. The third kappa shape index (κ3) is 12.5. The average Bonchev–Trinajstić information content (AvgIpc) is 1.66. The normalized spacial score (nSPS) is 19.1. The molecule has 8 heterocycles. The van der Waals surface area contributed by atoms with Gasteiger partial charge in [0.25, 0.3) is 28.8 Å². The molecule has 0 bridgehead atoms. The minimum atomic E-state index is -1.12. The average molecular weight is 1390 g/mol. The summed E-state index contributed by atoms with van der Waals surface area (Å²) in [5.41, 5.74) is 14.6. The number of aryl methyl sites for hydroxylation is 6. The van der Waals surface area contributed by atoms with Gasteiger partial charge in [-0.05, 0) is 167 Å². The van der Waals surface area contributed by atoms with Crippen molar-refractivity contribution in [1.82, 2.24) is 30.7 Å². The monoisotopic (exact) mass is 1390 g/mol. The number of carbonyl (C=O) groups excluding carboxylic acids is 7. The van der Waals surface area contributed by atoms with Crippen LogP contribution in [0.2, 0.25) is 0 Å². The van der Waals surface area contributed by atoms with Gasteiger partial charge in [-0.15, -0.1) is 0 Å². The second-order valence-corrected chi connectivity index (χ2v) is 28.2. The number of carbonyl (C=O) groups is 7. The van der Waals surface area contributed by atoms with E-state index in [9.17, 15) is 33.6 Å². The van der Waals surface area contributed by atoms with Gasteiger partial charge in [0.15, 0.2) is 0 Å². The number of halogens is 2. The summed E-state index contributed by atoms with van der Waals surface area (Å²) in [6.07, 6.45) is 3.96. The van der Waals surface area contributed by atoms with Crippen LogP contribution in [0.3, 0.4) is 0 Å². The van der Waals surface area contributed by atoms with Crippen LogP contribution in [0, 0.1) is 78.2 Å². The Morgan fingerprint density at radius 2 is 0.951 bits per heavy atom. The highest BCUT2D eigenvalue weighted by Crippen LogP contribution is 2.52. The van der Waals surface area contributed by atoms with Crippen LogP contribution in [-0.2, 0) is 36.8 Å². The number of imide groups is 3. The Balaban J connectivity index is 0.000000180. The third-order valence-electron chi connectivity index (χ3n) is 21.5. The van der Waals surface area contributed by atoms with Crippen molar-refractivity contribution in [2.75, 3.05) is 58.9 Å². The minimum absolute atomic E-state index is 0. The smallest absolute Gasteiger partial charge is 0.262 e. The predicted molar refractivity (Wildman–Crippen MR) is 385 cm³/mol. The van der Waals surface area contributed by atoms with Crippen LogP contribution in [0.5, 0.6) is 0 Å². The number of benzene rings is 6. The molecule has 2 unspecified atom stereocenters. The van der Waals surface area contributed by atoms with E-state index in [1.54, 1.807) is 6.07 Å². The number of amides is 7. The van der Waals surface area contributed by atoms with E-state index in [2.05, 4.69) is 127 Å². The molecule has 6 aliphatic heterocycles. The lowest BCUT2D eigenvalue weighted by atomic mass is 9.95. The summed E-state index contributed by atoms with van der Waals surface area (Å²) in [6.45, 7) is 31.0. The van der Waals surface area contributed by atoms with Crippen molar-refractivity contribution in [3.8, 4) is 22.3 Å². The second kappa shape index (κ2) is 26.9. The first-order valence-electron chi connectivity index (χ1n) is 34.2. The zero-order chi connectivity index (χ0) is 70.7. The molecule has 2 aliphatic carbocycles. The number of fused-ring (bicyclic) bond motifs is 2. The molecule has 21 nitrogen and oxygen atoms in total. The summed E-state index contributed by atoms with van der Waals surface area (Å²) in [5.74, 6) is -3.06. The number of nitrogens with zero attached hydrogens (tertiary/aromatic N) is 10. The maximum atomic E-state index is 15.6. The van der Waals surface area contributed by atoms with E-state index < -0.39 is 58.8 Å². The summed E-state index contributed by atoms with van der Waals surface area (Å²) in [4.78, 5) is 107. The zero-order valence-electron chi connectivity index (χ0n) is 56.7. The molecule has 16 rings (SSSR count). The predicted octanol–water partition coefficient (Wildman–Crippen LogP) is 13.6. The number of rotatable bonds is 16. The standard InChI is InChI=1S/C39H35FN6O5.C39H37FN6O4.2CH4/c1-21-5-6-25(35-22(2)43-51-23(35)3)15-32(21)45(27-9-7-26(8-10-27)39(41-4)13-14-39)20-24-18-44(19-24)33-17-29-28(16-30(33)40)37(49)46(38(29)50)31-11-12-34(47)42-36(31)48;1-22-5-6-26(36-23(2)43-50-24(36)3)15-33(22)45(29-9-7-28(8-10-29)39(41-4)13-14-39)20-25-18-44(19-25)34-16-27-21-46(38(49)30(27)17-31(34)40)32-11-12-35(47)42-37(32)48;;/h5-10,15-17,24,31H,11-14,18-20H2,1-3H3,(H,42,47,48);5-10,15-17,25,32H,11-14,18-21H2,1-3H3,(H,42,47,48);2*1H4. The van der Waals surface area contributed by atoms with Gasteiger partial charge in [0.05, 0.1) is 33.9 Å². The van der Waals surface area contributed by atoms with Crippen LogP contribution in [0.25, 0.3) is 31.9 Å². The SMILES string of the molecule is C.C.[C-]#[N+]C1(c2ccc(N(CC3CN(c4cc5c(cc4F)C(=O)N(C4CCC(=O)NC4=O)C5)C3)c3cc(-c4c(C)noc4C)ccc3C)cc2)CC1.[C-]#[N+]C1(c2ccc(N(CC3CN(c4cc5c(cc4F)C(=O)N(C4CCC(=O)NC4=O)C5=O)C3)c3cc(-c4c(C)noc4C)ccc3C)cc2)CC1. The molecular weight excluding hydrogens is 1310 g/mol. The number of piperidine rings is 2. The van der Waals surface area contributed by atoms with Gasteiger partial charge in [-0.3, -0.25) is 49.1 Å². The molecule has 23 heteroatoms. The van der Waals surface area contributed by atoms with Crippen LogP contribution in [0.15, 0.2) is 118 Å². The van der Waals surface area contributed by atoms with E-state index in [0.717, 1.165) is 127 Å². The van der Waals surface area contributed by atoms with Crippen molar-refractivity contribution in [3.63, 3.8) is 0 Å². The van der Waals surface area contributed by atoms with Gasteiger partial charge < -0.3 is 43.2 Å². The van der Waals surface area contributed by atoms with Crippen molar-refractivity contribution in [2.24, 2.45) is 11.8 Å². The Morgan fingerprint density at radius 3 is 1.36 bits per heavy atom. The first-order chi connectivity index (χ1) is 48.5. The number of aromatic nitrogens is 2. The van der Waals surface area contributed by atoms with E-state index in [0.29, 0.717) is 50.5 Å². The summed E-state index contributed by atoms with van der Waals surface area (Å²) in [5, 5.41) is 12.8. The fourth-order valence-electron chi connectivity index (χ4n) is 15.5. The Labute approximate surface area is 596 Å². The Bertz CT molecular complexity index is 4870. The third-order valence-corrected chi connectivity index (χ3v) is 21.5. The van der Waals surface area contributed by atoms with Gasteiger partial charge in [0, 0.05) is 147 Å². The summed E-state index contributed by atoms with van der Waals surface area (Å²) < 4.78 is 42.2. The van der Waals surface area contributed by atoms with Gasteiger partial charge in [0.2, 0.25) is 23.6 Å². The van der Waals surface area contributed by atoms with Gasteiger partial charge in [-0.1, -0.05) is 49.4 Å². The number of hydrogen-bond acceptors (Lipinski definition) is 15. The van der Waals surface area contributed by atoms with Crippen molar-refractivity contribution >= 4 is 75.5 Å². The molecule has 0 radical (unpaired) electrons. The van der Waals surface area contributed by atoms with Crippen molar-refractivity contribution in [2.45, 2.75) is 137 Å². The molecule has 2 N–H and O–H groups in total. The minimum Gasteiger partial charge on any atom is -0.368 e. The van der Waals surface area contributed by atoms with Crippen LogP contribution >= 0.6 is 0 Å². The lowest BCUT2D eigenvalue weighted by molar-refractivity contribution is -0.138. The van der Waals surface area contributed by atoms with E-state index in [-0.39, 0.29) is 98.6 Å². The molecular formula is C80H80F2N12O9. The highest BCUT2D eigenvalue weighted by atomic mass is 19.1. The summed E-state index contributed by atoms with van der Waals surface area (Å²) in [6, 6.07) is 32.9. The van der Waals surface area contributed by atoms with Gasteiger partial charge in [-0.25, -0.2) is 21.9 Å². The van der Waals surface area contributed by atoms with E-state index >= 15 is 8.78 Å². The molecule has 8 aromatic rings. The molecule has 6 aromatic carbocycles. The van der Waals surface area contributed by atoms with Crippen LogP contribution in [0.1, 0.15) is 148 Å². The topological polar surface area (TPSA) is 224 Å². The first-order valence-corrected chi connectivity index (χ1v) is 34.2. The first kappa shape index (κ1) is 70.1. The van der Waals surface area contributed by atoms with Crippen molar-refractivity contribution < 1.29 is 51.4 Å². The maximum Gasteiger partial charge on any atom is 0.262 e. The van der Waals surface area contributed by atoms with E-state index in [4.69, 9.17) is 22.2 Å². The Hall–Kier alpha value is -11.3. The molecule has 4 saturated heterocycles. The molecule has 528 valence electrons. The lowest BCUT2D eigenvalue weighted by Crippen LogP contribution is -2.54. The summed E-state index contributed by atoms with van der Waals surface area (Å²) >= 11 is 0. The molecule has 8 aliphatic rings. The molecule has 7 amide bonds. The fourth-order valence-corrected chi connectivity index (χ4v) is 15.5. The van der Waals surface area contributed by atoms with Gasteiger partial charge >= 0.3 is 0 Å². The quantitative estimate of drug-likeness (QED) is 0.0678. The van der Waals surface area contributed by atoms with Crippen LogP contribution < -0.4 is 30.2 Å². The van der Waals surface area contributed by atoms with Crippen LogP contribution in [-0.4, -0.2) is 113 Å². The highest BCUT2D eigenvalue weighted by molar-refractivity contribution is 6.24. The molecule has 0 spiro atoms. The van der Waals surface area contributed by atoms with E-state index in [1.165, 1.54) is 17.0 Å². The molecule has 6 fully saturated rings.